The van der Waals surface area contributed by atoms with E-state index in [9.17, 15) is 9.59 Å². The summed E-state index contributed by atoms with van der Waals surface area (Å²) in [6.45, 7) is 10.2. The van der Waals surface area contributed by atoms with Crippen molar-refractivity contribution >= 4 is 55.1 Å². The molecule has 0 aliphatic carbocycles. The number of hydrogen-bond acceptors (Lipinski definition) is 2. The van der Waals surface area contributed by atoms with E-state index in [1.54, 1.807) is 0 Å². The molecule has 6 heteroatoms. The largest absolute Gasteiger partial charge is 0.305 e. The minimum absolute atomic E-state index is 0.0368. The molecule has 2 amide bonds. The molecular weight excluding hydrogens is 604 g/mol. The molecule has 0 spiro atoms. The number of unbranched alkanes of at least 4 members (excludes halogenated alkanes) is 2. The Balaban J connectivity index is 1.91. The van der Waals surface area contributed by atoms with Gasteiger partial charge in [0.2, 0.25) is 0 Å². The van der Waals surface area contributed by atoms with Gasteiger partial charge in [-0.3, -0.25) is 9.59 Å². The van der Waals surface area contributed by atoms with Crippen molar-refractivity contribution in [2.75, 3.05) is 13.1 Å². The number of nitrogens with zero attached hydrogens (tertiary/aromatic N) is 2. The number of carbonyl (C=O) groups is 2. The van der Waals surface area contributed by atoms with Gasteiger partial charge in [0, 0.05) is 33.2 Å². The van der Waals surface area contributed by atoms with E-state index in [0.717, 1.165) is 82.8 Å². The quantitative estimate of drug-likeness (QED) is 0.231. The molecule has 2 aromatic carbocycles. The van der Waals surface area contributed by atoms with Crippen molar-refractivity contribution in [3.63, 3.8) is 0 Å². The zero-order valence-corrected chi connectivity index (χ0v) is 26.3. The SMILES string of the molecule is CCCCC(CC)CN1C(=O)c2cc(Br)ccc2C1=C1c2ccc(Br)cc2C(=O)N1CC(CC)CCCC. The van der Waals surface area contributed by atoms with E-state index in [2.05, 4.69) is 59.6 Å². The van der Waals surface area contributed by atoms with Gasteiger partial charge in [0.05, 0.1) is 22.5 Å². The van der Waals surface area contributed by atoms with Gasteiger partial charge in [-0.15, -0.1) is 0 Å². The first-order valence-electron chi connectivity index (χ1n) is 14.3. The minimum Gasteiger partial charge on any atom is -0.305 e. The lowest BCUT2D eigenvalue weighted by atomic mass is 9.97. The second kappa shape index (κ2) is 13.0. The fraction of sp³-hybridized carbons (Fsp3) is 0.500. The second-order valence-electron chi connectivity index (χ2n) is 10.7. The van der Waals surface area contributed by atoms with Gasteiger partial charge in [-0.1, -0.05) is 110 Å². The average molecular weight is 644 g/mol. The highest BCUT2D eigenvalue weighted by atomic mass is 79.9. The Bertz CT molecular complexity index is 1130. The Labute approximate surface area is 245 Å². The van der Waals surface area contributed by atoms with E-state index >= 15 is 0 Å². The summed E-state index contributed by atoms with van der Waals surface area (Å²) in [5, 5.41) is 0. The molecule has 0 radical (unpaired) electrons. The van der Waals surface area contributed by atoms with Crippen molar-refractivity contribution in [3.8, 4) is 0 Å². The standard InChI is InChI=1S/C32H40Br2N2O2/c1-5-9-11-21(7-3)19-35-29(25-15-13-23(33)17-27(25)31(35)37)30-26-16-14-24(34)18-28(26)32(38)36(30)20-22(8-4)12-10-6-2/h13-18,21-22H,5-12,19-20H2,1-4H3. The van der Waals surface area contributed by atoms with Crippen LogP contribution in [0.5, 0.6) is 0 Å². The molecule has 2 aromatic rings. The molecule has 2 unspecified atom stereocenters. The van der Waals surface area contributed by atoms with Crippen LogP contribution in [0.25, 0.3) is 11.4 Å². The molecule has 204 valence electrons. The maximum absolute atomic E-state index is 14.0. The molecule has 4 nitrogen and oxygen atoms in total. The van der Waals surface area contributed by atoms with Crippen LogP contribution >= 0.6 is 31.9 Å². The molecule has 2 atom stereocenters. The van der Waals surface area contributed by atoms with Crippen LogP contribution in [0.2, 0.25) is 0 Å². The highest BCUT2D eigenvalue weighted by molar-refractivity contribution is 9.10. The van der Waals surface area contributed by atoms with Crippen LogP contribution in [-0.2, 0) is 0 Å². The van der Waals surface area contributed by atoms with E-state index in [1.165, 1.54) is 0 Å². The van der Waals surface area contributed by atoms with Crippen molar-refractivity contribution in [2.24, 2.45) is 11.8 Å². The smallest absolute Gasteiger partial charge is 0.259 e. The molecule has 0 aromatic heterocycles. The van der Waals surface area contributed by atoms with Crippen LogP contribution in [0, 0.1) is 11.8 Å². The third-order valence-electron chi connectivity index (χ3n) is 8.16. The zero-order valence-electron chi connectivity index (χ0n) is 23.2. The lowest BCUT2D eigenvalue weighted by Gasteiger charge is -2.30. The summed E-state index contributed by atoms with van der Waals surface area (Å²) in [6, 6.07) is 12.0. The monoisotopic (exact) mass is 642 g/mol. The molecule has 0 N–H and O–H groups in total. The normalized spacial score (nSPS) is 18.3. The fourth-order valence-corrected chi connectivity index (χ4v) is 6.52. The molecule has 0 saturated carbocycles. The number of hydrogen-bond donors (Lipinski definition) is 0. The van der Waals surface area contributed by atoms with Gasteiger partial charge >= 0.3 is 0 Å². The third kappa shape index (κ3) is 5.82. The highest BCUT2D eigenvalue weighted by Gasteiger charge is 2.42. The number of benzene rings is 2. The van der Waals surface area contributed by atoms with E-state index in [-0.39, 0.29) is 11.8 Å². The molecule has 0 fully saturated rings. The van der Waals surface area contributed by atoms with Crippen molar-refractivity contribution in [2.45, 2.75) is 79.1 Å². The lowest BCUT2D eigenvalue weighted by molar-refractivity contribution is 0.0807. The molecular formula is C32H40Br2N2O2. The van der Waals surface area contributed by atoms with Crippen LogP contribution in [0.15, 0.2) is 45.3 Å². The molecule has 0 saturated heterocycles. The van der Waals surface area contributed by atoms with Crippen LogP contribution in [0.1, 0.15) is 111 Å². The van der Waals surface area contributed by atoms with Gasteiger partial charge in [-0.2, -0.15) is 0 Å². The van der Waals surface area contributed by atoms with Crippen LogP contribution in [0.4, 0.5) is 0 Å². The van der Waals surface area contributed by atoms with E-state index in [4.69, 9.17) is 0 Å². The van der Waals surface area contributed by atoms with Crippen molar-refractivity contribution in [3.05, 3.63) is 67.6 Å². The van der Waals surface area contributed by atoms with Crippen molar-refractivity contribution in [1.29, 1.82) is 0 Å². The maximum atomic E-state index is 14.0. The summed E-state index contributed by atoms with van der Waals surface area (Å²) in [7, 11) is 0. The van der Waals surface area contributed by atoms with E-state index in [0.29, 0.717) is 36.1 Å². The van der Waals surface area contributed by atoms with Gasteiger partial charge in [-0.05, 0) is 48.9 Å². The molecule has 2 aliphatic heterocycles. The van der Waals surface area contributed by atoms with Crippen LogP contribution in [0.3, 0.4) is 0 Å². The predicted octanol–water partition coefficient (Wildman–Crippen LogP) is 9.38. The van der Waals surface area contributed by atoms with E-state index < -0.39 is 0 Å². The number of amides is 2. The first-order valence-corrected chi connectivity index (χ1v) is 15.9. The van der Waals surface area contributed by atoms with Crippen molar-refractivity contribution in [1.82, 2.24) is 9.80 Å². The lowest BCUT2D eigenvalue weighted by Crippen LogP contribution is -2.34. The number of carbonyl (C=O) groups excluding carboxylic acids is 2. The highest BCUT2D eigenvalue weighted by Crippen LogP contribution is 2.46. The Kier molecular flexibility index (Phi) is 9.91. The predicted molar refractivity (Wildman–Crippen MR) is 164 cm³/mol. The van der Waals surface area contributed by atoms with Crippen LogP contribution < -0.4 is 0 Å². The maximum Gasteiger partial charge on any atom is 0.259 e. The van der Waals surface area contributed by atoms with Gasteiger partial charge in [0.15, 0.2) is 0 Å². The van der Waals surface area contributed by atoms with Gasteiger partial charge in [0.1, 0.15) is 0 Å². The molecule has 4 rings (SSSR count). The summed E-state index contributed by atoms with van der Waals surface area (Å²) in [5.74, 6) is 0.898. The number of halogens is 2. The summed E-state index contributed by atoms with van der Waals surface area (Å²) >= 11 is 7.16. The average Bonchev–Trinajstić information content (AvgIpc) is 3.33. The van der Waals surface area contributed by atoms with Gasteiger partial charge < -0.3 is 9.80 Å². The third-order valence-corrected chi connectivity index (χ3v) is 9.14. The summed E-state index contributed by atoms with van der Waals surface area (Å²) in [6.07, 6.45) is 8.84. The Morgan fingerprint density at radius 1 is 0.632 bits per heavy atom. The van der Waals surface area contributed by atoms with Gasteiger partial charge in [0.25, 0.3) is 11.8 Å². The van der Waals surface area contributed by atoms with E-state index in [1.807, 2.05) is 46.2 Å². The summed E-state index contributed by atoms with van der Waals surface area (Å²) < 4.78 is 1.78. The Morgan fingerprint density at radius 2 is 1.03 bits per heavy atom. The molecule has 38 heavy (non-hydrogen) atoms. The molecule has 0 bridgehead atoms. The Morgan fingerprint density at radius 3 is 1.37 bits per heavy atom. The number of fused-ring (bicyclic) bond motifs is 2. The second-order valence-corrected chi connectivity index (χ2v) is 12.6. The minimum atomic E-state index is 0.0368. The van der Waals surface area contributed by atoms with Gasteiger partial charge in [-0.25, -0.2) is 0 Å². The first-order chi connectivity index (χ1) is 18.3. The fourth-order valence-electron chi connectivity index (χ4n) is 5.79. The van der Waals surface area contributed by atoms with Crippen molar-refractivity contribution < 1.29 is 9.59 Å². The summed E-state index contributed by atoms with van der Waals surface area (Å²) in [5.41, 5.74) is 5.06. The topological polar surface area (TPSA) is 40.6 Å². The zero-order chi connectivity index (χ0) is 27.4. The molecule has 2 aliphatic rings. The first kappa shape index (κ1) is 29.1. The number of rotatable bonds is 12. The Hall–Kier alpha value is -1.92. The molecule has 2 heterocycles. The van der Waals surface area contributed by atoms with Crippen LogP contribution in [-0.4, -0.2) is 34.7 Å². The summed E-state index contributed by atoms with van der Waals surface area (Å²) in [4.78, 5) is 31.9.